The molecule has 0 radical (unpaired) electrons. The van der Waals surface area contributed by atoms with E-state index in [0.717, 1.165) is 49.7 Å². The number of nitrogens with zero attached hydrogens (tertiary/aromatic N) is 3. The van der Waals surface area contributed by atoms with Crippen molar-refractivity contribution in [2.75, 3.05) is 0 Å². The molecule has 3 heterocycles. The molecule has 0 saturated carbocycles. The zero-order valence-corrected chi connectivity index (χ0v) is 23.7. The van der Waals surface area contributed by atoms with Crippen LogP contribution in [0.2, 0.25) is 0 Å². The molecule has 0 amide bonds. The third kappa shape index (κ3) is 3.85. The largest absolute Gasteiger partial charge is 0.450 e. The third-order valence-electron chi connectivity index (χ3n) is 8.42. The molecule has 0 saturated heterocycles. The standard InChI is InChI=1S/C40H25N3O/c1-4-12-26(13-5-1)29-20-22-34-32(24-29)33-25-30(27-14-6-2-7-15-27)21-23-35(33)43(34)40-38-37(31-18-10-11-19-36(31)44-38)41-39(42-40)28-16-8-3-9-17-28/h1-25H. The summed E-state index contributed by atoms with van der Waals surface area (Å²) in [4.78, 5) is 10.3. The van der Waals surface area contributed by atoms with E-state index in [9.17, 15) is 0 Å². The highest BCUT2D eigenvalue weighted by molar-refractivity contribution is 6.13. The van der Waals surface area contributed by atoms with Crippen molar-refractivity contribution in [1.29, 1.82) is 0 Å². The minimum atomic E-state index is 0.663. The molecule has 3 aromatic heterocycles. The first-order valence-corrected chi connectivity index (χ1v) is 14.8. The van der Waals surface area contributed by atoms with Crippen molar-refractivity contribution in [3.63, 3.8) is 0 Å². The van der Waals surface area contributed by atoms with Gasteiger partial charge in [0.15, 0.2) is 17.2 Å². The number of aromatic nitrogens is 3. The Morgan fingerprint density at radius 3 is 1.55 bits per heavy atom. The number of hydrogen-bond acceptors (Lipinski definition) is 3. The van der Waals surface area contributed by atoms with Gasteiger partial charge >= 0.3 is 0 Å². The summed E-state index contributed by atoms with van der Waals surface area (Å²) in [5, 5.41) is 3.29. The maximum absolute atomic E-state index is 6.54. The lowest BCUT2D eigenvalue weighted by atomic mass is 10.0. The second kappa shape index (κ2) is 9.79. The Balaban J connectivity index is 1.40. The van der Waals surface area contributed by atoms with Gasteiger partial charge in [0.1, 0.15) is 11.1 Å². The molecule has 206 valence electrons. The van der Waals surface area contributed by atoms with Crippen molar-refractivity contribution >= 4 is 43.9 Å². The fourth-order valence-electron chi connectivity index (χ4n) is 6.32. The Morgan fingerprint density at radius 1 is 0.432 bits per heavy atom. The van der Waals surface area contributed by atoms with Crippen molar-refractivity contribution < 1.29 is 4.42 Å². The van der Waals surface area contributed by atoms with Gasteiger partial charge < -0.3 is 4.42 Å². The Bertz CT molecular complexity index is 2380. The summed E-state index contributed by atoms with van der Waals surface area (Å²) in [6.45, 7) is 0. The molecule has 0 aliphatic rings. The summed E-state index contributed by atoms with van der Waals surface area (Å²) in [6.07, 6.45) is 0. The van der Waals surface area contributed by atoms with Crippen LogP contribution in [0.3, 0.4) is 0 Å². The molecule has 6 aromatic carbocycles. The van der Waals surface area contributed by atoms with Crippen LogP contribution in [-0.4, -0.2) is 14.5 Å². The first-order chi connectivity index (χ1) is 21.8. The lowest BCUT2D eigenvalue weighted by Gasteiger charge is -2.10. The SMILES string of the molecule is c1ccc(-c2ccc3c(c2)c2cc(-c4ccccc4)ccc2n3-c2nc(-c3ccccc3)nc3c2oc2ccccc23)cc1. The molecule has 4 heteroatoms. The van der Waals surface area contributed by atoms with Crippen molar-refractivity contribution in [3.05, 3.63) is 152 Å². The summed E-state index contributed by atoms with van der Waals surface area (Å²) in [7, 11) is 0. The van der Waals surface area contributed by atoms with Gasteiger partial charge in [0, 0.05) is 21.7 Å². The number of hydrogen-bond donors (Lipinski definition) is 0. The predicted molar refractivity (Wildman–Crippen MR) is 180 cm³/mol. The van der Waals surface area contributed by atoms with E-state index in [1.54, 1.807) is 0 Å². The zero-order valence-electron chi connectivity index (χ0n) is 23.7. The van der Waals surface area contributed by atoms with E-state index < -0.39 is 0 Å². The van der Waals surface area contributed by atoms with Crippen LogP contribution in [0.4, 0.5) is 0 Å². The average Bonchev–Trinajstić information content (AvgIpc) is 3.64. The summed E-state index contributed by atoms with van der Waals surface area (Å²) >= 11 is 0. The van der Waals surface area contributed by atoms with Gasteiger partial charge in [0.25, 0.3) is 0 Å². The van der Waals surface area contributed by atoms with Crippen molar-refractivity contribution in [2.24, 2.45) is 0 Å². The third-order valence-corrected chi connectivity index (χ3v) is 8.42. The van der Waals surface area contributed by atoms with Gasteiger partial charge in [0.05, 0.1) is 11.0 Å². The van der Waals surface area contributed by atoms with Crippen molar-refractivity contribution in [3.8, 4) is 39.5 Å². The molecule has 0 aliphatic heterocycles. The molecule has 9 rings (SSSR count). The van der Waals surface area contributed by atoms with Gasteiger partial charge in [-0.2, -0.15) is 0 Å². The number of benzene rings is 6. The molecule has 0 spiro atoms. The van der Waals surface area contributed by atoms with E-state index in [4.69, 9.17) is 14.4 Å². The van der Waals surface area contributed by atoms with Crippen LogP contribution in [0.5, 0.6) is 0 Å². The van der Waals surface area contributed by atoms with E-state index in [1.807, 2.05) is 36.4 Å². The monoisotopic (exact) mass is 563 g/mol. The molecule has 0 unspecified atom stereocenters. The quantitative estimate of drug-likeness (QED) is 0.214. The van der Waals surface area contributed by atoms with Crippen LogP contribution in [0.15, 0.2) is 156 Å². The van der Waals surface area contributed by atoms with Crippen LogP contribution >= 0.6 is 0 Å². The molecule has 0 N–H and O–H groups in total. The number of fused-ring (bicyclic) bond motifs is 6. The molecule has 9 aromatic rings. The normalized spacial score (nSPS) is 11.6. The van der Waals surface area contributed by atoms with Gasteiger partial charge in [-0.25, -0.2) is 9.97 Å². The van der Waals surface area contributed by atoms with Crippen LogP contribution in [0.1, 0.15) is 0 Å². The highest BCUT2D eigenvalue weighted by Gasteiger charge is 2.22. The first-order valence-electron chi connectivity index (χ1n) is 14.8. The maximum atomic E-state index is 6.54. The fourth-order valence-corrected chi connectivity index (χ4v) is 6.32. The second-order valence-corrected chi connectivity index (χ2v) is 11.0. The minimum absolute atomic E-state index is 0.663. The number of rotatable bonds is 4. The molecular formula is C40H25N3O. The Hall–Kier alpha value is -6.00. The first kappa shape index (κ1) is 24.6. The van der Waals surface area contributed by atoms with E-state index in [-0.39, 0.29) is 0 Å². The van der Waals surface area contributed by atoms with Gasteiger partial charge in [-0.1, -0.05) is 115 Å². The molecule has 0 aliphatic carbocycles. The van der Waals surface area contributed by atoms with Gasteiger partial charge in [0.2, 0.25) is 0 Å². The van der Waals surface area contributed by atoms with E-state index in [0.29, 0.717) is 11.4 Å². The van der Waals surface area contributed by atoms with Crippen LogP contribution in [-0.2, 0) is 0 Å². The maximum Gasteiger partial charge on any atom is 0.197 e. The van der Waals surface area contributed by atoms with Crippen LogP contribution < -0.4 is 0 Å². The molecule has 0 fully saturated rings. The second-order valence-electron chi connectivity index (χ2n) is 11.0. The summed E-state index contributed by atoms with van der Waals surface area (Å²) < 4.78 is 8.78. The Morgan fingerprint density at radius 2 is 0.955 bits per heavy atom. The lowest BCUT2D eigenvalue weighted by molar-refractivity contribution is 0.662. The average molecular weight is 564 g/mol. The molecule has 44 heavy (non-hydrogen) atoms. The van der Waals surface area contributed by atoms with Gasteiger partial charge in [-0.3, -0.25) is 4.57 Å². The van der Waals surface area contributed by atoms with Crippen molar-refractivity contribution in [2.45, 2.75) is 0 Å². The molecular weight excluding hydrogens is 538 g/mol. The van der Waals surface area contributed by atoms with E-state index in [1.165, 1.54) is 22.3 Å². The summed E-state index contributed by atoms with van der Waals surface area (Å²) in [5.41, 5.74) is 10.1. The summed E-state index contributed by atoms with van der Waals surface area (Å²) in [5.74, 6) is 1.39. The molecule has 0 bridgehead atoms. The fraction of sp³-hybridized carbons (Fsp3) is 0. The minimum Gasteiger partial charge on any atom is -0.450 e. The van der Waals surface area contributed by atoms with Crippen LogP contribution in [0, 0.1) is 0 Å². The number of para-hydroxylation sites is 1. The lowest BCUT2D eigenvalue weighted by Crippen LogP contribution is -2.01. The highest BCUT2D eigenvalue weighted by Crippen LogP contribution is 2.40. The Kier molecular flexibility index (Phi) is 5.47. The van der Waals surface area contributed by atoms with Gasteiger partial charge in [-0.15, -0.1) is 0 Å². The Labute approximate surface area is 253 Å². The van der Waals surface area contributed by atoms with E-state index >= 15 is 0 Å². The highest BCUT2D eigenvalue weighted by atomic mass is 16.3. The molecule has 0 atom stereocenters. The molecule has 4 nitrogen and oxygen atoms in total. The zero-order chi connectivity index (χ0) is 29.0. The predicted octanol–water partition coefficient (Wildman–Crippen LogP) is 10.5. The topological polar surface area (TPSA) is 43.9 Å². The van der Waals surface area contributed by atoms with Crippen LogP contribution in [0.25, 0.3) is 83.3 Å². The summed E-state index contributed by atoms with van der Waals surface area (Å²) in [6, 6.07) is 52.7. The number of furan rings is 1. The van der Waals surface area contributed by atoms with Crippen molar-refractivity contribution in [1.82, 2.24) is 14.5 Å². The van der Waals surface area contributed by atoms with E-state index in [2.05, 4.69) is 120 Å². The smallest absolute Gasteiger partial charge is 0.197 e. The van der Waals surface area contributed by atoms with Gasteiger partial charge in [-0.05, 0) is 58.7 Å².